The van der Waals surface area contributed by atoms with Gasteiger partial charge in [0.05, 0.1) is 43.5 Å². The Morgan fingerprint density at radius 2 is 0.712 bits per heavy atom. The van der Waals surface area contributed by atoms with Gasteiger partial charge in [0.15, 0.2) is 0 Å². The van der Waals surface area contributed by atoms with Gasteiger partial charge in [-0.25, -0.2) is 0 Å². The summed E-state index contributed by atoms with van der Waals surface area (Å²) in [6, 6.07) is 64.4. The third kappa shape index (κ3) is 3.59. The van der Waals surface area contributed by atoms with Crippen molar-refractivity contribution in [3.63, 3.8) is 0 Å². The quantitative estimate of drug-likeness (QED) is 0.177. The topological polar surface area (TPSA) is 14.8 Å². The number of aromatic nitrogens is 3. The molecule has 4 heteroatoms. The largest absolute Gasteiger partial charge is 0.308 e. The molecule has 0 amide bonds. The SMILES string of the molecule is c1ccc(-n2c3ccccc3c3c2c2c4ccccc4n(-c4cccc5c4sc4ccccc45)c2c2c4ccccc4n(-c4ccccc4)c32)cc1. The van der Waals surface area contributed by atoms with Gasteiger partial charge in [-0.15, -0.1) is 11.3 Å². The van der Waals surface area contributed by atoms with E-state index in [0.717, 1.165) is 11.4 Å². The zero-order chi connectivity index (χ0) is 33.9. The van der Waals surface area contributed by atoms with Gasteiger partial charge in [0.2, 0.25) is 0 Å². The Labute approximate surface area is 302 Å². The van der Waals surface area contributed by atoms with Crippen LogP contribution >= 0.6 is 11.3 Å². The zero-order valence-corrected chi connectivity index (χ0v) is 28.8. The number of para-hydroxylation sites is 5. The summed E-state index contributed by atoms with van der Waals surface area (Å²) in [5, 5.41) is 10.2. The fourth-order valence-corrected chi connectivity index (χ4v) is 10.2. The highest BCUT2D eigenvalue weighted by atomic mass is 32.1. The van der Waals surface area contributed by atoms with Crippen LogP contribution in [0.25, 0.3) is 103 Å². The fraction of sp³-hybridized carbons (Fsp3) is 0. The molecule has 12 rings (SSSR count). The molecule has 0 fully saturated rings. The van der Waals surface area contributed by atoms with Crippen LogP contribution < -0.4 is 0 Å². The number of rotatable bonds is 3. The van der Waals surface area contributed by atoms with Crippen LogP contribution in [0.4, 0.5) is 0 Å². The number of fused-ring (bicyclic) bond motifs is 15. The van der Waals surface area contributed by atoms with Gasteiger partial charge in [0.25, 0.3) is 0 Å². The molecule has 0 atom stereocenters. The van der Waals surface area contributed by atoms with Crippen molar-refractivity contribution in [3.05, 3.63) is 176 Å². The van der Waals surface area contributed by atoms with E-state index in [1.807, 2.05) is 11.3 Å². The molecule has 52 heavy (non-hydrogen) atoms. The first-order valence-corrected chi connectivity index (χ1v) is 18.6. The molecule has 12 aromatic rings. The van der Waals surface area contributed by atoms with Crippen LogP contribution in [0.5, 0.6) is 0 Å². The molecule has 0 aliphatic rings. The number of hydrogen-bond acceptors (Lipinski definition) is 1. The van der Waals surface area contributed by atoms with E-state index >= 15 is 0 Å². The van der Waals surface area contributed by atoms with Crippen molar-refractivity contribution in [2.45, 2.75) is 0 Å². The number of hydrogen-bond donors (Lipinski definition) is 0. The minimum atomic E-state index is 1.15. The average Bonchev–Trinajstić information content (AvgIpc) is 3.95. The molecule has 4 heterocycles. The van der Waals surface area contributed by atoms with Gasteiger partial charge in [-0.2, -0.15) is 0 Å². The second kappa shape index (κ2) is 10.5. The minimum absolute atomic E-state index is 1.15. The first-order valence-electron chi connectivity index (χ1n) is 17.8. The Kier molecular flexibility index (Phi) is 5.65. The molecule has 0 radical (unpaired) electrons. The normalized spacial score (nSPS) is 12.2. The standard InChI is InChI=1S/C48H29N3S/c1-3-16-30(17-4-1)49-37-25-11-7-21-34(37)42-45-43(35-22-8-12-26-38(35)50(45)31-18-5-2-6-19-31)47-44(46(42)49)36-23-9-13-27-39(36)51(47)40-28-15-24-33-32-20-10-14-29-41(32)52-48(33)40/h1-29H. The Hall–Kier alpha value is -6.62. The van der Waals surface area contributed by atoms with Crippen LogP contribution in [0, 0.1) is 0 Å². The van der Waals surface area contributed by atoms with Crippen molar-refractivity contribution in [3.8, 4) is 17.1 Å². The van der Waals surface area contributed by atoms with E-state index in [0.29, 0.717) is 0 Å². The maximum Gasteiger partial charge on any atom is 0.0663 e. The first-order chi connectivity index (χ1) is 25.9. The molecule has 0 aliphatic heterocycles. The van der Waals surface area contributed by atoms with Crippen LogP contribution in [0.2, 0.25) is 0 Å². The summed E-state index contributed by atoms with van der Waals surface area (Å²) in [4.78, 5) is 0. The summed E-state index contributed by atoms with van der Waals surface area (Å²) in [5.74, 6) is 0. The first kappa shape index (κ1) is 28.1. The lowest BCUT2D eigenvalue weighted by molar-refractivity contribution is 1.17. The van der Waals surface area contributed by atoms with Gasteiger partial charge in [0, 0.05) is 59.2 Å². The van der Waals surface area contributed by atoms with Gasteiger partial charge < -0.3 is 13.7 Å². The second-order valence-corrected chi connectivity index (χ2v) is 14.7. The number of benzene rings is 8. The fourth-order valence-electron chi connectivity index (χ4n) is 9.00. The van der Waals surface area contributed by atoms with Gasteiger partial charge in [-0.05, 0) is 54.6 Å². The highest BCUT2D eigenvalue weighted by Crippen LogP contribution is 2.51. The van der Waals surface area contributed by atoms with E-state index < -0.39 is 0 Å². The van der Waals surface area contributed by atoms with E-state index in [4.69, 9.17) is 0 Å². The molecule has 0 unspecified atom stereocenters. The third-order valence-electron chi connectivity index (χ3n) is 11.0. The second-order valence-electron chi connectivity index (χ2n) is 13.7. The highest BCUT2D eigenvalue weighted by molar-refractivity contribution is 7.26. The van der Waals surface area contributed by atoms with Crippen molar-refractivity contribution in [2.24, 2.45) is 0 Å². The summed E-state index contributed by atoms with van der Waals surface area (Å²) in [6.45, 7) is 0. The summed E-state index contributed by atoms with van der Waals surface area (Å²) in [6.07, 6.45) is 0. The van der Waals surface area contributed by atoms with Crippen LogP contribution in [0.1, 0.15) is 0 Å². The lowest BCUT2D eigenvalue weighted by atomic mass is 10.0. The monoisotopic (exact) mass is 679 g/mol. The average molecular weight is 680 g/mol. The molecule has 0 spiro atoms. The molecule has 0 saturated carbocycles. The van der Waals surface area contributed by atoms with Crippen LogP contribution in [0.3, 0.4) is 0 Å². The van der Waals surface area contributed by atoms with Gasteiger partial charge >= 0.3 is 0 Å². The summed E-state index contributed by atoms with van der Waals surface area (Å²) in [7, 11) is 0. The molecule has 0 saturated heterocycles. The van der Waals surface area contributed by atoms with Gasteiger partial charge in [0.1, 0.15) is 0 Å². The number of nitrogens with zero attached hydrogens (tertiary/aromatic N) is 3. The van der Waals surface area contributed by atoms with E-state index in [-0.39, 0.29) is 0 Å². The van der Waals surface area contributed by atoms with Crippen LogP contribution in [0.15, 0.2) is 176 Å². The predicted molar refractivity (Wildman–Crippen MR) is 222 cm³/mol. The predicted octanol–water partition coefficient (Wildman–Crippen LogP) is 13.3. The van der Waals surface area contributed by atoms with Crippen molar-refractivity contribution in [2.75, 3.05) is 0 Å². The lowest BCUT2D eigenvalue weighted by Crippen LogP contribution is -1.98. The van der Waals surface area contributed by atoms with E-state index in [2.05, 4.69) is 190 Å². The van der Waals surface area contributed by atoms with Crippen molar-refractivity contribution < 1.29 is 0 Å². The molecule has 242 valence electrons. The Morgan fingerprint density at radius 1 is 0.308 bits per heavy atom. The molecule has 0 aliphatic carbocycles. The maximum atomic E-state index is 2.58. The van der Waals surface area contributed by atoms with E-state index in [1.165, 1.54) is 91.3 Å². The molecule has 4 aromatic heterocycles. The van der Waals surface area contributed by atoms with E-state index in [1.54, 1.807) is 0 Å². The summed E-state index contributed by atoms with van der Waals surface area (Å²) >= 11 is 1.89. The summed E-state index contributed by atoms with van der Waals surface area (Å²) in [5.41, 5.74) is 10.8. The Bertz CT molecular complexity index is 3320. The highest BCUT2D eigenvalue weighted by Gasteiger charge is 2.29. The van der Waals surface area contributed by atoms with Gasteiger partial charge in [-0.3, -0.25) is 0 Å². The molecule has 0 N–H and O–H groups in total. The van der Waals surface area contributed by atoms with E-state index in [9.17, 15) is 0 Å². The van der Waals surface area contributed by atoms with Gasteiger partial charge in [-0.1, -0.05) is 121 Å². The molecular weight excluding hydrogens is 651 g/mol. The minimum Gasteiger partial charge on any atom is -0.308 e. The Morgan fingerprint density at radius 3 is 1.25 bits per heavy atom. The maximum absolute atomic E-state index is 2.58. The van der Waals surface area contributed by atoms with Crippen LogP contribution in [-0.4, -0.2) is 13.7 Å². The van der Waals surface area contributed by atoms with Crippen LogP contribution in [-0.2, 0) is 0 Å². The van der Waals surface area contributed by atoms with Crippen molar-refractivity contribution >= 4 is 96.9 Å². The third-order valence-corrected chi connectivity index (χ3v) is 12.2. The lowest BCUT2D eigenvalue weighted by Gasteiger charge is -2.14. The summed E-state index contributed by atoms with van der Waals surface area (Å²) < 4.78 is 10.2. The Balaban J connectivity index is 1.45. The smallest absolute Gasteiger partial charge is 0.0663 e. The molecule has 0 bridgehead atoms. The zero-order valence-electron chi connectivity index (χ0n) is 28.0. The van der Waals surface area contributed by atoms with Crippen molar-refractivity contribution in [1.29, 1.82) is 0 Å². The molecular formula is C48H29N3S. The molecule has 3 nitrogen and oxygen atoms in total. The molecule has 8 aromatic carbocycles. The number of thiophene rings is 1. The van der Waals surface area contributed by atoms with Crippen molar-refractivity contribution in [1.82, 2.24) is 13.7 Å².